The van der Waals surface area contributed by atoms with Gasteiger partial charge in [-0.05, 0) is 37.1 Å². The van der Waals surface area contributed by atoms with Crippen LogP contribution in [0.2, 0.25) is 0 Å². The number of carbonyl (C=O) groups excluding carboxylic acids is 1. The standard InChI is InChI=1S/C18H19F3N2O3S/c1-12(24)2-3-13-4-6-15(7-5-13)26-10-14(25)11-27-17-22-9-8-16(23-17)18(19,20)21/h4-9,14,25H,2-3,10-11H2,1H3. The van der Waals surface area contributed by atoms with Crippen LogP contribution in [0.1, 0.15) is 24.6 Å². The molecule has 5 nitrogen and oxygen atoms in total. The summed E-state index contributed by atoms with van der Waals surface area (Å²) in [5.41, 5.74) is -0.00838. The van der Waals surface area contributed by atoms with Crippen LogP contribution >= 0.6 is 11.8 Å². The van der Waals surface area contributed by atoms with Crippen molar-refractivity contribution in [3.63, 3.8) is 0 Å². The van der Waals surface area contributed by atoms with Gasteiger partial charge in [0.05, 0.1) is 6.10 Å². The molecule has 1 N–H and O–H groups in total. The molecule has 2 rings (SSSR count). The molecule has 2 aromatic rings. The minimum Gasteiger partial charge on any atom is -0.491 e. The Balaban J connectivity index is 1.78. The zero-order valence-corrected chi connectivity index (χ0v) is 15.4. The monoisotopic (exact) mass is 400 g/mol. The molecule has 0 saturated heterocycles. The van der Waals surface area contributed by atoms with Crippen molar-refractivity contribution >= 4 is 17.5 Å². The molecule has 146 valence electrons. The summed E-state index contributed by atoms with van der Waals surface area (Å²) in [7, 11) is 0. The topological polar surface area (TPSA) is 72.3 Å². The van der Waals surface area contributed by atoms with E-state index in [0.29, 0.717) is 18.6 Å². The second-order valence-electron chi connectivity index (χ2n) is 5.84. The number of hydrogen-bond acceptors (Lipinski definition) is 6. The van der Waals surface area contributed by atoms with Crippen LogP contribution in [0.25, 0.3) is 0 Å². The van der Waals surface area contributed by atoms with Crippen LogP contribution in [-0.4, -0.2) is 39.3 Å². The Morgan fingerprint density at radius 1 is 1.26 bits per heavy atom. The van der Waals surface area contributed by atoms with E-state index in [-0.39, 0.29) is 23.3 Å². The highest BCUT2D eigenvalue weighted by molar-refractivity contribution is 7.99. The normalized spacial score (nSPS) is 12.6. The van der Waals surface area contributed by atoms with E-state index in [2.05, 4.69) is 9.97 Å². The molecular formula is C18H19F3N2O3S. The zero-order valence-electron chi connectivity index (χ0n) is 14.6. The lowest BCUT2D eigenvalue weighted by Gasteiger charge is -2.12. The maximum atomic E-state index is 12.6. The summed E-state index contributed by atoms with van der Waals surface area (Å²) in [6.07, 6.45) is -3.25. The van der Waals surface area contributed by atoms with Gasteiger partial charge in [-0.25, -0.2) is 9.97 Å². The van der Waals surface area contributed by atoms with Crippen molar-refractivity contribution in [1.82, 2.24) is 9.97 Å². The maximum absolute atomic E-state index is 12.6. The van der Waals surface area contributed by atoms with E-state index < -0.39 is 18.0 Å². The van der Waals surface area contributed by atoms with Crippen LogP contribution in [0, 0.1) is 0 Å². The predicted octanol–water partition coefficient (Wildman–Crippen LogP) is 3.55. The molecule has 1 atom stereocenters. The first-order chi connectivity index (χ1) is 12.7. The lowest BCUT2D eigenvalue weighted by Crippen LogP contribution is -2.20. The van der Waals surface area contributed by atoms with Crippen LogP contribution in [0.5, 0.6) is 5.75 Å². The number of carbonyl (C=O) groups is 1. The first-order valence-corrected chi connectivity index (χ1v) is 9.15. The number of halogens is 3. The van der Waals surface area contributed by atoms with Gasteiger partial charge in [-0.1, -0.05) is 23.9 Å². The van der Waals surface area contributed by atoms with Gasteiger partial charge in [-0.15, -0.1) is 0 Å². The number of ether oxygens (including phenoxy) is 1. The number of nitrogens with zero attached hydrogens (tertiary/aromatic N) is 2. The summed E-state index contributed by atoms with van der Waals surface area (Å²) in [5, 5.41) is 9.88. The predicted molar refractivity (Wildman–Crippen MR) is 94.7 cm³/mol. The zero-order chi connectivity index (χ0) is 19.9. The quantitative estimate of drug-likeness (QED) is 0.513. The van der Waals surface area contributed by atoms with Crippen molar-refractivity contribution in [1.29, 1.82) is 0 Å². The van der Waals surface area contributed by atoms with E-state index in [4.69, 9.17) is 4.74 Å². The van der Waals surface area contributed by atoms with Crippen LogP contribution in [-0.2, 0) is 17.4 Å². The number of benzene rings is 1. The summed E-state index contributed by atoms with van der Waals surface area (Å²) in [4.78, 5) is 18.2. The summed E-state index contributed by atoms with van der Waals surface area (Å²) < 4.78 is 43.3. The highest BCUT2D eigenvalue weighted by Gasteiger charge is 2.32. The van der Waals surface area contributed by atoms with Crippen LogP contribution in [0.15, 0.2) is 41.7 Å². The number of hydrogen-bond donors (Lipinski definition) is 1. The van der Waals surface area contributed by atoms with Crippen molar-refractivity contribution in [3.8, 4) is 5.75 Å². The molecule has 0 spiro atoms. The first-order valence-electron chi connectivity index (χ1n) is 8.16. The van der Waals surface area contributed by atoms with E-state index in [1.54, 1.807) is 19.1 Å². The number of ketones is 1. The minimum atomic E-state index is -4.53. The number of thioether (sulfide) groups is 1. The molecule has 0 fully saturated rings. The Morgan fingerprint density at radius 2 is 1.96 bits per heavy atom. The van der Waals surface area contributed by atoms with Crippen molar-refractivity contribution in [2.24, 2.45) is 0 Å². The number of rotatable bonds is 9. The van der Waals surface area contributed by atoms with E-state index in [9.17, 15) is 23.1 Å². The molecular weight excluding hydrogens is 381 g/mol. The Labute approximate surface area is 159 Å². The van der Waals surface area contributed by atoms with Crippen LogP contribution in [0.3, 0.4) is 0 Å². The average Bonchev–Trinajstić information content (AvgIpc) is 2.63. The van der Waals surface area contributed by atoms with Gasteiger partial charge in [-0.2, -0.15) is 13.2 Å². The Kier molecular flexibility index (Phi) is 7.61. The van der Waals surface area contributed by atoms with Gasteiger partial charge in [0.25, 0.3) is 0 Å². The molecule has 1 aromatic carbocycles. The Bertz CT molecular complexity index is 754. The summed E-state index contributed by atoms with van der Waals surface area (Å²) in [6.45, 7) is 1.53. The lowest BCUT2D eigenvalue weighted by atomic mass is 10.1. The molecule has 0 aliphatic carbocycles. The molecule has 0 radical (unpaired) electrons. The molecule has 9 heteroatoms. The smallest absolute Gasteiger partial charge is 0.433 e. The van der Waals surface area contributed by atoms with Crippen LogP contribution in [0.4, 0.5) is 13.2 Å². The molecule has 1 aromatic heterocycles. The number of alkyl halides is 3. The van der Waals surface area contributed by atoms with Crippen LogP contribution < -0.4 is 4.74 Å². The largest absolute Gasteiger partial charge is 0.491 e. The highest BCUT2D eigenvalue weighted by Crippen LogP contribution is 2.28. The van der Waals surface area contributed by atoms with E-state index in [1.807, 2.05) is 12.1 Å². The minimum absolute atomic E-state index is 0.0151. The van der Waals surface area contributed by atoms with Gasteiger partial charge in [-0.3, -0.25) is 0 Å². The summed E-state index contributed by atoms with van der Waals surface area (Å²) in [6, 6.07) is 7.96. The van der Waals surface area contributed by atoms with Gasteiger partial charge in [0, 0.05) is 18.4 Å². The second kappa shape index (κ2) is 9.70. The van der Waals surface area contributed by atoms with Crippen molar-refractivity contribution < 1.29 is 27.8 Å². The molecule has 1 unspecified atom stereocenters. The van der Waals surface area contributed by atoms with Crippen molar-refractivity contribution in [2.75, 3.05) is 12.4 Å². The molecule has 0 saturated carbocycles. The third kappa shape index (κ3) is 7.56. The number of aliphatic hydroxyl groups excluding tert-OH is 1. The molecule has 0 aliphatic heterocycles. The lowest BCUT2D eigenvalue weighted by molar-refractivity contribution is -0.141. The first kappa shape index (κ1) is 21.2. The summed E-state index contributed by atoms with van der Waals surface area (Å²) >= 11 is 0.922. The fourth-order valence-corrected chi connectivity index (χ4v) is 2.79. The third-order valence-electron chi connectivity index (χ3n) is 3.46. The molecule has 0 amide bonds. The number of aromatic nitrogens is 2. The fraction of sp³-hybridized carbons (Fsp3) is 0.389. The van der Waals surface area contributed by atoms with Gasteiger partial charge in [0.15, 0.2) is 5.16 Å². The molecule has 1 heterocycles. The second-order valence-corrected chi connectivity index (χ2v) is 6.83. The summed E-state index contributed by atoms with van der Waals surface area (Å²) in [5.74, 6) is 0.777. The van der Waals surface area contributed by atoms with Gasteiger partial charge >= 0.3 is 6.18 Å². The molecule has 0 aliphatic rings. The molecule has 0 bridgehead atoms. The number of aliphatic hydroxyl groups is 1. The van der Waals surface area contributed by atoms with Crippen molar-refractivity contribution in [3.05, 3.63) is 47.8 Å². The molecule has 27 heavy (non-hydrogen) atoms. The number of Topliss-reactive ketones (excluding diaryl/α,β-unsaturated/α-hetero) is 1. The Hall–Kier alpha value is -2.13. The SMILES string of the molecule is CC(=O)CCc1ccc(OCC(O)CSc2nccc(C(F)(F)F)n2)cc1. The fourth-order valence-electron chi connectivity index (χ4n) is 2.05. The third-order valence-corrected chi connectivity index (χ3v) is 4.47. The van der Waals surface area contributed by atoms with E-state index in [1.165, 1.54) is 0 Å². The van der Waals surface area contributed by atoms with Gasteiger partial charge < -0.3 is 14.6 Å². The van der Waals surface area contributed by atoms with E-state index in [0.717, 1.165) is 29.6 Å². The van der Waals surface area contributed by atoms with Gasteiger partial charge in [0.2, 0.25) is 0 Å². The average molecular weight is 400 g/mol. The van der Waals surface area contributed by atoms with E-state index >= 15 is 0 Å². The number of aryl methyl sites for hydroxylation is 1. The highest BCUT2D eigenvalue weighted by atomic mass is 32.2. The van der Waals surface area contributed by atoms with Crippen molar-refractivity contribution in [2.45, 2.75) is 37.2 Å². The maximum Gasteiger partial charge on any atom is 0.433 e. The van der Waals surface area contributed by atoms with Gasteiger partial charge in [0.1, 0.15) is 23.8 Å². The Morgan fingerprint density at radius 3 is 2.59 bits per heavy atom.